The fourth-order valence-corrected chi connectivity index (χ4v) is 3.73. The van der Waals surface area contributed by atoms with Crippen molar-refractivity contribution in [3.63, 3.8) is 0 Å². The first kappa shape index (κ1) is 17.9. The molecule has 3 amide bonds. The summed E-state index contributed by atoms with van der Waals surface area (Å²) in [4.78, 5) is 27.0. The number of urea groups is 1. The fraction of sp³-hybridized carbons (Fsp3) is 0.647. The lowest BCUT2D eigenvalue weighted by Crippen LogP contribution is -2.46. The van der Waals surface area contributed by atoms with Crippen molar-refractivity contribution in [2.45, 2.75) is 51.0 Å². The monoisotopic (exact) mass is 337 g/mol. The van der Waals surface area contributed by atoms with Crippen LogP contribution in [0.5, 0.6) is 0 Å². The molecule has 5 nitrogen and oxygen atoms in total. The van der Waals surface area contributed by atoms with Crippen molar-refractivity contribution < 1.29 is 9.59 Å². The molecule has 0 saturated heterocycles. The van der Waals surface area contributed by atoms with Crippen LogP contribution in [-0.4, -0.2) is 43.0 Å². The average Bonchev–Trinajstić information content (AvgIpc) is 2.86. The molecular weight excluding hydrogens is 310 g/mol. The van der Waals surface area contributed by atoms with Gasteiger partial charge < -0.3 is 5.32 Å². The molecule has 0 radical (unpaired) electrons. The molecule has 2 N–H and O–H groups in total. The molecule has 1 aliphatic carbocycles. The zero-order valence-electron chi connectivity index (χ0n) is 13.8. The summed E-state index contributed by atoms with van der Waals surface area (Å²) in [6, 6.07) is 4.09. The number of amides is 3. The van der Waals surface area contributed by atoms with Gasteiger partial charge in [0.2, 0.25) is 5.91 Å². The zero-order valence-corrected chi connectivity index (χ0v) is 14.7. The molecule has 0 bridgehead atoms. The second-order valence-corrected chi connectivity index (χ2v) is 7.23. The summed E-state index contributed by atoms with van der Waals surface area (Å²) in [5.74, 6) is -0.231. The molecule has 0 atom stereocenters. The van der Waals surface area contributed by atoms with Crippen LogP contribution in [0.3, 0.4) is 0 Å². The molecule has 1 aromatic heterocycles. The lowest BCUT2D eigenvalue weighted by molar-refractivity contribution is -0.121. The summed E-state index contributed by atoms with van der Waals surface area (Å²) in [6.07, 6.45) is 8.15. The van der Waals surface area contributed by atoms with Gasteiger partial charge in [-0.2, -0.15) is 0 Å². The first-order chi connectivity index (χ1) is 11.1. The Bertz CT molecular complexity index is 482. The maximum absolute atomic E-state index is 12.0. The molecular formula is C17H27N3O2S. The highest BCUT2D eigenvalue weighted by Gasteiger charge is 2.19. The predicted molar refractivity (Wildman–Crippen MR) is 93.7 cm³/mol. The lowest BCUT2D eigenvalue weighted by Gasteiger charge is -2.26. The summed E-state index contributed by atoms with van der Waals surface area (Å²) < 4.78 is 0. The summed E-state index contributed by atoms with van der Waals surface area (Å²) >= 11 is 1.67. The minimum absolute atomic E-state index is 0.231. The van der Waals surface area contributed by atoms with Crippen LogP contribution in [0.1, 0.15) is 43.4 Å². The van der Waals surface area contributed by atoms with E-state index in [1.54, 1.807) is 11.3 Å². The first-order valence-corrected chi connectivity index (χ1v) is 9.33. The van der Waals surface area contributed by atoms with Crippen molar-refractivity contribution in [1.29, 1.82) is 0 Å². The van der Waals surface area contributed by atoms with Crippen LogP contribution in [0.15, 0.2) is 17.5 Å². The van der Waals surface area contributed by atoms with Gasteiger partial charge in [0, 0.05) is 17.5 Å². The second-order valence-electron chi connectivity index (χ2n) is 6.19. The van der Waals surface area contributed by atoms with Gasteiger partial charge in [0.05, 0.1) is 6.54 Å². The van der Waals surface area contributed by atoms with Gasteiger partial charge in [-0.05, 0) is 37.8 Å². The van der Waals surface area contributed by atoms with E-state index in [9.17, 15) is 9.59 Å². The molecule has 1 heterocycles. The Morgan fingerprint density at radius 1 is 1.26 bits per heavy atom. The number of hydrogen-bond donors (Lipinski definition) is 2. The molecule has 1 aromatic rings. The van der Waals surface area contributed by atoms with E-state index in [1.807, 2.05) is 24.6 Å². The van der Waals surface area contributed by atoms with Gasteiger partial charge in [0.15, 0.2) is 0 Å². The van der Waals surface area contributed by atoms with Crippen molar-refractivity contribution >= 4 is 23.3 Å². The van der Waals surface area contributed by atoms with Crippen LogP contribution in [0.2, 0.25) is 0 Å². The van der Waals surface area contributed by atoms with Gasteiger partial charge in [-0.15, -0.1) is 11.3 Å². The Morgan fingerprint density at radius 2 is 2.00 bits per heavy atom. The van der Waals surface area contributed by atoms with E-state index >= 15 is 0 Å². The minimum Gasteiger partial charge on any atom is -0.337 e. The highest BCUT2D eigenvalue weighted by molar-refractivity contribution is 7.09. The maximum atomic E-state index is 12.0. The van der Waals surface area contributed by atoms with E-state index in [4.69, 9.17) is 0 Å². The van der Waals surface area contributed by atoms with Crippen LogP contribution < -0.4 is 10.6 Å². The van der Waals surface area contributed by atoms with Gasteiger partial charge in [-0.25, -0.2) is 4.79 Å². The van der Waals surface area contributed by atoms with Crippen LogP contribution >= 0.6 is 11.3 Å². The third kappa shape index (κ3) is 6.71. The number of nitrogens with zero attached hydrogens (tertiary/aromatic N) is 1. The first-order valence-electron chi connectivity index (χ1n) is 8.45. The SMILES string of the molecule is CN(CC(=O)NC(=O)NCCc1cccs1)C1CCCCCC1. The Balaban J connectivity index is 1.63. The van der Waals surface area contributed by atoms with Crippen molar-refractivity contribution in [3.05, 3.63) is 22.4 Å². The van der Waals surface area contributed by atoms with Gasteiger partial charge in [-0.3, -0.25) is 15.0 Å². The molecule has 1 fully saturated rings. The zero-order chi connectivity index (χ0) is 16.5. The van der Waals surface area contributed by atoms with E-state index in [1.165, 1.54) is 30.6 Å². The predicted octanol–water partition coefficient (Wildman–Crippen LogP) is 2.77. The number of carbonyl (C=O) groups is 2. The number of hydrogen-bond acceptors (Lipinski definition) is 4. The molecule has 1 saturated carbocycles. The number of thiophene rings is 1. The van der Waals surface area contributed by atoms with Crippen molar-refractivity contribution in [1.82, 2.24) is 15.5 Å². The molecule has 0 aromatic carbocycles. The molecule has 1 aliphatic rings. The van der Waals surface area contributed by atoms with Crippen LogP contribution in [0.4, 0.5) is 4.79 Å². The Kier molecular flexibility index (Phi) is 7.55. The number of carbonyl (C=O) groups excluding carboxylic acids is 2. The smallest absolute Gasteiger partial charge is 0.321 e. The van der Waals surface area contributed by atoms with Gasteiger partial charge in [0.1, 0.15) is 0 Å². The molecule has 0 spiro atoms. The molecule has 23 heavy (non-hydrogen) atoms. The number of likely N-dealkylation sites (N-methyl/N-ethyl adjacent to an activating group) is 1. The van der Waals surface area contributed by atoms with E-state index in [-0.39, 0.29) is 12.5 Å². The van der Waals surface area contributed by atoms with E-state index in [0.717, 1.165) is 19.3 Å². The van der Waals surface area contributed by atoms with Gasteiger partial charge >= 0.3 is 6.03 Å². The maximum Gasteiger partial charge on any atom is 0.321 e. The summed E-state index contributed by atoms with van der Waals surface area (Å²) in [7, 11) is 1.98. The molecule has 2 rings (SSSR count). The van der Waals surface area contributed by atoms with Gasteiger partial charge in [-0.1, -0.05) is 31.7 Å². The molecule has 0 aliphatic heterocycles. The third-order valence-corrected chi connectivity index (χ3v) is 5.27. The minimum atomic E-state index is -0.402. The van der Waals surface area contributed by atoms with Crippen molar-refractivity contribution in [3.8, 4) is 0 Å². The van der Waals surface area contributed by atoms with Crippen molar-refractivity contribution in [2.75, 3.05) is 20.1 Å². The molecule has 0 unspecified atom stereocenters. The van der Waals surface area contributed by atoms with E-state index < -0.39 is 6.03 Å². The number of imide groups is 1. The fourth-order valence-electron chi connectivity index (χ4n) is 3.02. The summed E-state index contributed by atoms with van der Waals surface area (Å²) in [5, 5.41) is 7.17. The molecule has 6 heteroatoms. The highest BCUT2D eigenvalue weighted by Crippen LogP contribution is 2.20. The quantitative estimate of drug-likeness (QED) is 0.785. The van der Waals surface area contributed by atoms with Gasteiger partial charge in [0.25, 0.3) is 0 Å². The van der Waals surface area contributed by atoms with Crippen molar-refractivity contribution in [2.24, 2.45) is 0 Å². The Labute approximate surface area is 142 Å². The van der Waals surface area contributed by atoms with Crippen LogP contribution in [0, 0.1) is 0 Å². The Morgan fingerprint density at radius 3 is 2.65 bits per heavy atom. The van der Waals surface area contributed by atoms with E-state index in [0.29, 0.717) is 12.6 Å². The Hall–Kier alpha value is -1.40. The standard InChI is InChI=1S/C17H27N3O2S/c1-20(14-7-4-2-3-5-8-14)13-16(21)19-17(22)18-11-10-15-9-6-12-23-15/h6,9,12,14H,2-5,7-8,10-11,13H2,1H3,(H2,18,19,21,22). The number of rotatable bonds is 6. The summed E-state index contributed by atoms with van der Waals surface area (Å²) in [5.41, 5.74) is 0. The largest absolute Gasteiger partial charge is 0.337 e. The normalized spacial score (nSPS) is 16.1. The topological polar surface area (TPSA) is 61.4 Å². The van der Waals surface area contributed by atoms with E-state index in [2.05, 4.69) is 15.5 Å². The molecule has 128 valence electrons. The highest BCUT2D eigenvalue weighted by atomic mass is 32.1. The van der Waals surface area contributed by atoms with Crippen LogP contribution in [0.25, 0.3) is 0 Å². The van der Waals surface area contributed by atoms with Crippen LogP contribution in [-0.2, 0) is 11.2 Å². The lowest BCUT2D eigenvalue weighted by atomic mass is 10.1. The third-order valence-electron chi connectivity index (χ3n) is 4.33. The number of nitrogens with one attached hydrogen (secondary N) is 2. The second kappa shape index (κ2) is 9.67. The average molecular weight is 337 g/mol. The summed E-state index contributed by atoms with van der Waals surface area (Å²) in [6.45, 7) is 0.821.